The first-order valence-electron chi connectivity index (χ1n) is 6.83. The van der Waals surface area contributed by atoms with Crippen LogP contribution in [0.4, 0.5) is 0 Å². The van der Waals surface area contributed by atoms with E-state index >= 15 is 0 Å². The first-order valence-corrected chi connectivity index (χ1v) is 6.83. The van der Waals surface area contributed by atoms with Crippen LogP contribution in [0.1, 0.15) is 18.6 Å². The lowest BCUT2D eigenvalue weighted by Gasteiger charge is -2.08. The van der Waals surface area contributed by atoms with Gasteiger partial charge in [0.1, 0.15) is 5.69 Å². The van der Waals surface area contributed by atoms with Crippen LogP contribution < -0.4 is 10.6 Å². The summed E-state index contributed by atoms with van der Waals surface area (Å²) in [6, 6.07) is 12.5. The third-order valence-electron chi connectivity index (χ3n) is 3.20. The number of benzene rings is 1. The standard InChI is InChI=1S/C15H18N4O/c1-16-15(18-12-7-8-12)17-10-13-9-14(19-20-13)11-5-3-2-4-6-11/h2-6,9,12H,7-8,10H2,1H3,(H2,16,17,18). The molecule has 0 bridgehead atoms. The Morgan fingerprint density at radius 3 is 2.85 bits per heavy atom. The fraction of sp³-hybridized carbons (Fsp3) is 0.333. The molecular weight excluding hydrogens is 252 g/mol. The highest BCUT2D eigenvalue weighted by atomic mass is 16.5. The van der Waals surface area contributed by atoms with E-state index in [0.717, 1.165) is 23.0 Å². The first-order chi connectivity index (χ1) is 9.85. The molecule has 104 valence electrons. The number of hydrogen-bond donors (Lipinski definition) is 2. The van der Waals surface area contributed by atoms with Crippen molar-refractivity contribution in [1.82, 2.24) is 15.8 Å². The molecule has 0 spiro atoms. The molecule has 0 unspecified atom stereocenters. The SMILES string of the molecule is CN=C(NCc1cc(-c2ccccc2)no1)NC1CC1. The minimum atomic E-state index is 0.576. The van der Waals surface area contributed by atoms with Gasteiger partial charge in [-0.3, -0.25) is 4.99 Å². The van der Waals surface area contributed by atoms with Gasteiger partial charge < -0.3 is 15.2 Å². The number of aliphatic imine (C=N–C) groups is 1. The Morgan fingerprint density at radius 2 is 2.15 bits per heavy atom. The molecule has 2 N–H and O–H groups in total. The van der Waals surface area contributed by atoms with E-state index in [-0.39, 0.29) is 0 Å². The van der Waals surface area contributed by atoms with E-state index in [0.29, 0.717) is 12.6 Å². The predicted molar refractivity (Wildman–Crippen MR) is 78.3 cm³/mol. The Kier molecular flexibility index (Phi) is 3.67. The average Bonchev–Trinajstić information content (AvgIpc) is 3.19. The fourth-order valence-corrected chi connectivity index (χ4v) is 1.93. The van der Waals surface area contributed by atoms with Gasteiger partial charge in [-0.25, -0.2) is 0 Å². The van der Waals surface area contributed by atoms with E-state index < -0.39 is 0 Å². The van der Waals surface area contributed by atoms with Crippen LogP contribution in [0.15, 0.2) is 45.9 Å². The molecule has 1 fully saturated rings. The summed E-state index contributed by atoms with van der Waals surface area (Å²) in [5.41, 5.74) is 1.91. The molecule has 3 rings (SSSR count). The minimum absolute atomic E-state index is 0.576. The van der Waals surface area contributed by atoms with Crippen LogP contribution in [0.5, 0.6) is 0 Å². The number of guanidine groups is 1. The van der Waals surface area contributed by atoms with Crippen LogP contribution in [-0.4, -0.2) is 24.2 Å². The number of hydrogen-bond acceptors (Lipinski definition) is 3. The molecule has 0 radical (unpaired) electrons. The molecule has 1 heterocycles. The Bertz CT molecular complexity index is 587. The number of nitrogens with zero attached hydrogens (tertiary/aromatic N) is 2. The Morgan fingerprint density at radius 1 is 1.35 bits per heavy atom. The smallest absolute Gasteiger partial charge is 0.191 e. The van der Waals surface area contributed by atoms with Gasteiger partial charge in [-0.05, 0) is 12.8 Å². The molecule has 5 nitrogen and oxygen atoms in total. The van der Waals surface area contributed by atoms with Crippen molar-refractivity contribution in [3.05, 3.63) is 42.2 Å². The van der Waals surface area contributed by atoms with Gasteiger partial charge in [0.15, 0.2) is 11.7 Å². The van der Waals surface area contributed by atoms with E-state index in [4.69, 9.17) is 4.52 Å². The predicted octanol–water partition coefficient (Wildman–Crippen LogP) is 2.17. The molecule has 0 amide bonds. The second kappa shape index (κ2) is 5.77. The van der Waals surface area contributed by atoms with E-state index in [1.165, 1.54) is 12.8 Å². The van der Waals surface area contributed by atoms with Gasteiger partial charge in [0, 0.05) is 24.7 Å². The van der Waals surface area contributed by atoms with E-state index in [1.807, 2.05) is 36.4 Å². The monoisotopic (exact) mass is 270 g/mol. The maximum Gasteiger partial charge on any atom is 0.191 e. The second-order valence-corrected chi connectivity index (χ2v) is 4.89. The van der Waals surface area contributed by atoms with Crippen LogP contribution in [-0.2, 0) is 6.54 Å². The van der Waals surface area contributed by atoms with Crippen molar-refractivity contribution in [3.8, 4) is 11.3 Å². The third-order valence-corrected chi connectivity index (χ3v) is 3.20. The van der Waals surface area contributed by atoms with Gasteiger partial charge in [-0.15, -0.1) is 0 Å². The summed E-state index contributed by atoms with van der Waals surface area (Å²) in [6.45, 7) is 0.576. The zero-order valence-electron chi connectivity index (χ0n) is 11.5. The normalized spacial score (nSPS) is 15.2. The van der Waals surface area contributed by atoms with Crippen LogP contribution in [0.2, 0.25) is 0 Å². The zero-order chi connectivity index (χ0) is 13.8. The zero-order valence-corrected chi connectivity index (χ0v) is 11.5. The highest BCUT2D eigenvalue weighted by Crippen LogP contribution is 2.19. The molecule has 1 aliphatic rings. The van der Waals surface area contributed by atoms with Gasteiger partial charge in [0.25, 0.3) is 0 Å². The van der Waals surface area contributed by atoms with Crippen molar-refractivity contribution >= 4 is 5.96 Å². The lowest BCUT2D eigenvalue weighted by molar-refractivity contribution is 0.382. The van der Waals surface area contributed by atoms with E-state index in [1.54, 1.807) is 7.05 Å². The lowest BCUT2D eigenvalue weighted by Crippen LogP contribution is -2.37. The molecule has 0 saturated heterocycles. The van der Waals surface area contributed by atoms with E-state index in [9.17, 15) is 0 Å². The largest absolute Gasteiger partial charge is 0.359 e. The molecule has 1 aliphatic carbocycles. The molecule has 1 aromatic heterocycles. The number of aromatic nitrogens is 1. The molecule has 5 heteroatoms. The molecule has 0 atom stereocenters. The van der Waals surface area contributed by atoms with Crippen molar-refractivity contribution in [2.45, 2.75) is 25.4 Å². The number of nitrogens with one attached hydrogen (secondary N) is 2. The maximum atomic E-state index is 5.34. The molecule has 0 aliphatic heterocycles. The summed E-state index contributed by atoms with van der Waals surface area (Å²) in [5.74, 6) is 1.60. The van der Waals surface area contributed by atoms with Gasteiger partial charge in [-0.2, -0.15) is 0 Å². The maximum absolute atomic E-state index is 5.34. The quantitative estimate of drug-likeness (QED) is 0.660. The molecule has 2 aromatic rings. The van der Waals surface area contributed by atoms with Gasteiger partial charge in [-0.1, -0.05) is 35.5 Å². The van der Waals surface area contributed by atoms with Gasteiger partial charge in [0.2, 0.25) is 0 Å². The van der Waals surface area contributed by atoms with Crippen molar-refractivity contribution in [3.63, 3.8) is 0 Å². The molecule has 1 saturated carbocycles. The Labute approximate surface area is 118 Å². The Hall–Kier alpha value is -2.30. The molecular formula is C15H18N4O. The summed E-state index contributed by atoms with van der Waals surface area (Å²) >= 11 is 0. The first kappa shape index (κ1) is 12.7. The van der Waals surface area contributed by atoms with Gasteiger partial charge in [0.05, 0.1) is 6.54 Å². The average molecular weight is 270 g/mol. The lowest BCUT2D eigenvalue weighted by atomic mass is 10.1. The highest BCUT2D eigenvalue weighted by Gasteiger charge is 2.22. The number of rotatable bonds is 4. The van der Waals surface area contributed by atoms with Crippen molar-refractivity contribution < 1.29 is 4.52 Å². The summed E-state index contributed by atoms with van der Waals surface area (Å²) < 4.78 is 5.34. The van der Waals surface area contributed by atoms with Crippen LogP contribution in [0, 0.1) is 0 Å². The van der Waals surface area contributed by atoms with E-state index in [2.05, 4.69) is 20.8 Å². The summed E-state index contributed by atoms with van der Waals surface area (Å²) in [7, 11) is 1.77. The van der Waals surface area contributed by atoms with Gasteiger partial charge >= 0.3 is 0 Å². The van der Waals surface area contributed by atoms with Crippen LogP contribution in [0.3, 0.4) is 0 Å². The fourth-order valence-electron chi connectivity index (χ4n) is 1.93. The van der Waals surface area contributed by atoms with Crippen molar-refractivity contribution in [2.75, 3.05) is 7.05 Å². The topological polar surface area (TPSA) is 62.5 Å². The van der Waals surface area contributed by atoms with Crippen LogP contribution in [0.25, 0.3) is 11.3 Å². The summed E-state index contributed by atoms with van der Waals surface area (Å²) in [6.07, 6.45) is 2.45. The summed E-state index contributed by atoms with van der Waals surface area (Å²) in [5, 5.41) is 10.6. The second-order valence-electron chi connectivity index (χ2n) is 4.89. The van der Waals surface area contributed by atoms with Crippen LogP contribution >= 0.6 is 0 Å². The van der Waals surface area contributed by atoms with Crippen molar-refractivity contribution in [1.29, 1.82) is 0 Å². The minimum Gasteiger partial charge on any atom is -0.359 e. The molecule has 20 heavy (non-hydrogen) atoms. The highest BCUT2D eigenvalue weighted by molar-refractivity contribution is 5.80. The Balaban J connectivity index is 1.59. The molecule has 1 aromatic carbocycles. The third kappa shape index (κ3) is 3.17. The summed E-state index contributed by atoms with van der Waals surface area (Å²) in [4.78, 5) is 4.18. The van der Waals surface area contributed by atoms with Crippen molar-refractivity contribution in [2.24, 2.45) is 4.99 Å².